The Balaban J connectivity index is 2.01. The molecular formula is C13H10BrClO3. The molecule has 0 aliphatic carbocycles. The van der Waals surface area contributed by atoms with Gasteiger partial charge in [-0.2, -0.15) is 0 Å². The van der Waals surface area contributed by atoms with Crippen LogP contribution in [0, 0.1) is 0 Å². The molecule has 0 bridgehead atoms. The van der Waals surface area contributed by atoms with Gasteiger partial charge in [-0.15, -0.1) is 0 Å². The van der Waals surface area contributed by atoms with E-state index in [-0.39, 0.29) is 4.83 Å². The molecule has 1 aliphatic heterocycles. The second kappa shape index (κ2) is 4.86. The van der Waals surface area contributed by atoms with Gasteiger partial charge >= 0.3 is 0 Å². The molecule has 0 saturated heterocycles. The van der Waals surface area contributed by atoms with Gasteiger partial charge in [0, 0.05) is 11.1 Å². The fourth-order valence-electron chi connectivity index (χ4n) is 1.86. The van der Waals surface area contributed by atoms with Crippen LogP contribution in [0.1, 0.15) is 16.2 Å². The van der Waals surface area contributed by atoms with Crippen molar-refractivity contribution in [3.63, 3.8) is 0 Å². The Morgan fingerprint density at radius 2 is 1.89 bits per heavy atom. The quantitative estimate of drug-likeness (QED) is 0.774. The number of fused-ring (bicyclic) bond motifs is 1. The van der Waals surface area contributed by atoms with Crippen LogP contribution < -0.4 is 9.47 Å². The van der Waals surface area contributed by atoms with E-state index in [1.54, 1.807) is 12.3 Å². The van der Waals surface area contributed by atoms with Crippen LogP contribution in [-0.4, -0.2) is 13.2 Å². The zero-order valence-electron chi connectivity index (χ0n) is 9.36. The van der Waals surface area contributed by atoms with E-state index in [0.29, 0.717) is 24.0 Å². The molecule has 0 N–H and O–H groups in total. The van der Waals surface area contributed by atoms with Gasteiger partial charge in [0.15, 0.2) is 11.5 Å². The molecule has 2 heterocycles. The standard InChI is InChI=1S/C13H10BrClO3/c14-13(10-2-1-3-16-10)8-6-11-12(7-9(8)15)18-5-4-17-11/h1-3,6-7,13H,4-5H2. The minimum atomic E-state index is -0.101. The first-order valence-corrected chi connectivity index (χ1v) is 6.81. The number of halogens is 2. The Bertz CT molecular complexity index is 554. The summed E-state index contributed by atoms with van der Waals surface area (Å²) in [5.74, 6) is 2.21. The Kier molecular flexibility index (Phi) is 3.22. The molecule has 1 aliphatic rings. The van der Waals surface area contributed by atoms with E-state index in [2.05, 4.69) is 15.9 Å². The van der Waals surface area contributed by atoms with Crippen molar-refractivity contribution in [1.29, 1.82) is 0 Å². The molecule has 1 unspecified atom stereocenters. The molecule has 18 heavy (non-hydrogen) atoms. The van der Waals surface area contributed by atoms with Crippen molar-refractivity contribution in [2.24, 2.45) is 0 Å². The van der Waals surface area contributed by atoms with Crippen molar-refractivity contribution in [1.82, 2.24) is 0 Å². The van der Waals surface area contributed by atoms with Gasteiger partial charge in [-0.1, -0.05) is 27.5 Å². The van der Waals surface area contributed by atoms with E-state index in [1.807, 2.05) is 18.2 Å². The molecule has 3 nitrogen and oxygen atoms in total. The summed E-state index contributed by atoms with van der Waals surface area (Å²) in [5.41, 5.74) is 0.899. The maximum Gasteiger partial charge on any atom is 0.162 e. The summed E-state index contributed by atoms with van der Waals surface area (Å²) in [7, 11) is 0. The lowest BCUT2D eigenvalue weighted by Crippen LogP contribution is -2.15. The van der Waals surface area contributed by atoms with E-state index in [9.17, 15) is 0 Å². The second-order valence-electron chi connectivity index (χ2n) is 3.90. The van der Waals surface area contributed by atoms with Crippen LogP contribution in [-0.2, 0) is 0 Å². The maximum absolute atomic E-state index is 6.27. The molecule has 5 heteroatoms. The predicted octanol–water partition coefficient (Wildman–Crippen LogP) is 4.19. The van der Waals surface area contributed by atoms with E-state index in [4.69, 9.17) is 25.5 Å². The number of furan rings is 1. The molecule has 1 atom stereocenters. The van der Waals surface area contributed by atoms with E-state index in [0.717, 1.165) is 17.1 Å². The first-order chi connectivity index (χ1) is 8.75. The average molecular weight is 330 g/mol. The molecule has 0 radical (unpaired) electrons. The highest BCUT2D eigenvalue weighted by Crippen LogP contribution is 2.42. The average Bonchev–Trinajstić information content (AvgIpc) is 2.91. The van der Waals surface area contributed by atoms with Crippen molar-refractivity contribution < 1.29 is 13.9 Å². The van der Waals surface area contributed by atoms with Gasteiger partial charge in [0.25, 0.3) is 0 Å². The molecule has 0 amide bonds. The highest BCUT2D eigenvalue weighted by molar-refractivity contribution is 9.09. The first kappa shape index (κ1) is 11.9. The van der Waals surface area contributed by atoms with E-state index in [1.165, 1.54) is 0 Å². The Labute approximate surface area is 118 Å². The van der Waals surface area contributed by atoms with Crippen molar-refractivity contribution in [2.45, 2.75) is 4.83 Å². The predicted molar refractivity (Wildman–Crippen MR) is 71.9 cm³/mol. The monoisotopic (exact) mass is 328 g/mol. The fourth-order valence-corrected chi connectivity index (χ4v) is 2.90. The lowest BCUT2D eigenvalue weighted by molar-refractivity contribution is 0.171. The molecule has 0 fully saturated rings. The molecule has 1 aromatic heterocycles. The van der Waals surface area contributed by atoms with Crippen LogP contribution in [0.5, 0.6) is 11.5 Å². The van der Waals surface area contributed by atoms with Crippen molar-refractivity contribution in [2.75, 3.05) is 13.2 Å². The number of hydrogen-bond acceptors (Lipinski definition) is 3. The lowest BCUT2D eigenvalue weighted by atomic mass is 10.1. The summed E-state index contributed by atoms with van der Waals surface area (Å²) in [5, 5.41) is 0.623. The van der Waals surface area contributed by atoms with Gasteiger partial charge < -0.3 is 13.9 Å². The highest BCUT2D eigenvalue weighted by Gasteiger charge is 2.21. The number of benzene rings is 1. The van der Waals surface area contributed by atoms with Crippen LogP contribution in [0.15, 0.2) is 34.9 Å². The van der Waals surface area contributed by atoms with Gasteiger partial charge in [0.2, 0.25) is 0 Å². The fraction of sp³-hybridized carbons (Fsp3) is 0.231. The Morgan fingerprint density at radius 3 is 2.56 bits per heavy atom. The van der Waals surface area contributed by atoms with Gasteiger partial charge in [-0.05, 0) is 23.8 Å². The molecule has 2 aromatic rings. The van der Waals surface area contributed by atoms with Gasteiger partial charge in [0.05, 0.1) is 11.1 Å². The Morgan fingerprint density at radius 1 is 1.17 bits per heavy atom. The third kappa shape index (κ3) is 2.10. The number of alkyl halides is 1. The highest BCUT2D eigenvalue weighted by atomic mass is 79.9. The zero-order valence-corrected chi connectivity index (χ0v) is 11.7. The third-order valence-electron chi connectivity index (χ3n) is 2.73. The number of hydrogen-bond donors (Lipinski definition) is 0. The summed E-state index contributed by atoms with van der Waals surface area (Å²) in [6.45, 7) is 1.11. The van der Waals surface area contributed by atoms with Crippen molar-refractivity contribution >= 4 is 27.5 Å². The van der Waals surface area contributed by atoms with Crippen LogP contribution in [0.2, 0.25) is 5.02 Å². The summed E-state index contributed by atoms with van der Waals surface area (Å²) in [6, 6.07) is 7.41. The maximum atomic E-state index is 6.27. The van der Waals surface area contributed by atoms with Crippen LogP contribution >= 0.6 is 27.5 Å². The number of ether oxygens (including phenoxy) is 2. The van der Waals surface area contributed by atoms with Crippen LogP contribution in [0.3, 0.4) is 0 Å². The third-order valence-corrected chi connectivity index (χ3v) is 4.00. The first-order valence-electron chi connectivity index (χ1n) is 5.52. The Hall–Kier alpha value is -1.13. The molecule has 3 rings (SSSR count). The smallest absolute Gasteiger partial charge is 0.162 e. The summed E-state index contributed by atoms with van der Waals surface area (Å²) >= 11 is 9.84. The summed E-state index contributed by atoms with van der Waals surface area (Å²) in [6.07, 6.45) is 1.63. The largest absolute Gasteiger partial charge is 0.486 e. The normalized spacial score (nSPS) is 15.4. The second-order valence-corrected chi connectivity index (χ2v) is 5.22. The van der Waals surface area contributed by atoms with E-state index < -0.39 is 0 Å². The molecule has 1 aromatic carbocycles. The van der Waals surface area contributed by atoms with Crippen molar-refractivity contribution in [3.05, 3.63) is 46.9 Å². The van der Waals surface area contributed by atoms with E-state index >= 15 is 0 Å². The molecular weight excluding hydrogens is 319 g/mol. The van der Waals surface area contributed by atoms with Gasteiger partial charge in [0.1, 0.15) is 19.0 Å². The van der Waals surface area contributed by atoms with Gasteiger partial charge in [-0.3, -0.25) is 0 Å². The topological polar surface area (TPSA) is 31.6 Å². The van der Waals surface area contributed by atoms with Crippen LogP contribution in [0.25, 0.3) is 0 Å². The van der Waals surface area contributed by atoms with Gasteiger partial charge in [-0.25, -0.2) is 0 Å². The SMILES string of the molecule is Clc1cc2c(cc1C(Br)c1ccco1)OCCO2. The zero-order chi connectivity index (χ0) is 12.5. The molecule has 94 valence electrons. The molecule has 0 spiro atoms. The summed E-state index contributed by atoms with van der Waals surface area (Å²) in [4.78, 5) is -0.101. The minimum absolute atomic E-state index is 0.101. The number of rotatable bonds is 2. The minimum Gasteiger partial charge on any atom is -0.486 e. The molecule has 0 saturated carbocycles. The van der Waals surface area contributed by atoms with Crippen LogP contribution in [0.4, 0.5) is 0 Å². The summed E-state index contributed by atoms with van der Waals surface area (Å²) < 4.78 is 16.4. The lowest BCUT2D eigenvalue weighted by Gasteiger charge is -2.20. The van der Waals surface area contributed by atoms with Crippen molar-refractivity contribution in [3.8, 4) is 11.5 Å².